The maximum Gasteiger partial charge on any atom is 0.305 e. The minimum Gasteiger partial charge on any atom is -0.463 e. The first-order chi connectivity index (χ1) is 28.3. The molecule has 14 atom stereocenters. The number of rotatable bonds is 23. The van der Waals surface area contributed by atoms with Crippen molar-refractivity contribution in [2.75, 3.05) is 6.61 Å². The summed E-state index contributed by atoms with van der Waals surface area (Å²) in [6.45, 7) is 17.0. The van der Waals surface area contributed by atoms with E-state index in [1.54, 1.807) is 0 Å². The van der Waals surface area contributed by atoms with Gasteiger partial charge in [-0.2, -0.15) is 0 Å². The van der Waals surface area contributed by atoms with Gasteiger partial charge in [0.05, 0.1) is 6.10 Å². The van der Waals surface area contributed by atoms with E-state index in [-0.39, 0.29) is 24.1 Å². The van der Waals surface area contributed by atoms with Crippen LogP contribution in [0, 0.1) is 52.3 Å². The number of allylic oxidation sites excluding steroid dienone is 5. The Morgan fingerprint density at radius 3 is 2.27 bits per heavy atom. The lowest BCUT2D eigenvalue weighted by molar-refractivity contribution is -0.313. The Hall–Kier alpha value is -1.51. The van der Waals surface area contributed by atoms with Crippen LogP contribution in [0.2, 0.25) is 0 Å². The molecule has 3 saturated carbocycles. The second-order valence-corrected chi connectivity index (χ2v) is 20.9. The average Bonchev–Trinajstić information content (AvgIpc) is 3.58. The molecule has 0 bridgehead atoms. The van der Waals surface area contributed by atoms with E-state index >= 15 is 0 Å². The Balaban J connectivity index is 1.02. The van der Waals surface area contributed by atoms with E-state index in [4.69, 9.17) is 14.2 Å². The number of carbonyl (C=O) groups excluding carboxylic acids is 1. The number of aliphatic hydroxyl groups excluding tert-OH is 3. The first kappa shape index (κ1) is 48.5. The maximum atomic E-state index is 12.6. The van der Waals surface area contributed by atoms with Gasteiger partial charge in [0, 0.05) is 6.42 Å². The van der Waals surface area contributed by atoms with E-state index < -0.39 is 30.7 Å². The van der Waals surface area contributed by atoms with Gasteiger partial charge >= 0.3 is 5.97 Å². The Labute approximate surface area is 360 Å². The molecule has 4 fully saturated rings. The second-order valence-electron chi connectivity index (χ2n) is 20.9. The molecule has 7 heteroatoms. The predicted octanol–water partition coefficient (Wildman–Crippen LogP) is 11.8. The lowest BCUT2D eigenvalue weighted by Crippen LogP contribution is -2.60. The highest BCUT2D eigenvalue weighted by Gasteiger charge is 2.59. The van der Waals surface area contributed by atoms with E-state index in [1.807, 2.05) is 0 Å². The van der Waals surface area contributed by atoms with Crippen molar-refractivity contribution in [3.63, 3.8) is 0 Å². The van der Waals surface area contributed by atoms with E-state index in [0.29, 0.717) is 17.8 Å². The van der Waals surface area contributed by atoms with Crippen molar-refractivity contribution in [3.05, 3.63) is 36.0 Å². The summed E-state index contributed by atoms with van der Waals surface area (Å²) in [5, 5.41) is 32.5. The first-order valence-electron chi connectivity index (χ1n) is 24.8. The van der Waals surface area contributed by atoms with E-state index in [9.17, 15) is 20.1 Å². The molecule has 0 aromatic rings. The van der Waals surface area contributed by atoms with Crippen LogP contribution in [-0.4, -0.2) is 64.7 Å². The van der Waals surface area contributed by atoms with Crippen LogP contribution in [0.25, 0.3) is 0 Å². The van der Waals surface area contributed by atoms with Crippen molar-refractivity contribution in [2.24, 2.45) is 52.3 Å². The third-order valence-corrected chi connectivity index (χ3v) is 16.8. The molecule has 7 nitrogen and oxygen atoms in total. The summed E-state index contributed by atoms with van der Waals surface area (Å²) in [5.41, 5.74) is 2.12. The smallest absolute Gasteiger partial charge is 0.305 e. The number of ether oxygens (including phenoxy) is 3. The first-order valence-corrected chi connectivity index (χ1v) is 24.8. The Morgan fingerprint density at radius 1 is 0.831 bits per heavy atom. The fourth-order valence-corrected chi connectivity index (χ4v) is 12.5. The minimum atomic E-state index is -1.45. The molecule has 0 aromatic carbocycles. The highest BCUT2D eigenvalue weighted by atomic mass is 16.7. The summed E-state index contributed by atoms with van der Waals surface area (Å²) in [5.74, 6) is 5.13. The third-order valence-electron chi connectivity index (χ3n) is 16.8. The standard InChI is InChI=1S/C52H88O7/c1-8-9-10-11-12-13-14-15-16-17-18-19-20-21-22-23-46(53)57-35-45-47(54)48(55)49(56)50(59-45)58-40-30-32-51(6)39(34-40)26-27-41-43-29-28-42(52(43,7)33-31-44(41)51)38(5)25-24-37(4)36(2)3/h12-13,15-16,26,36-38,40-45,47-50,54-56H,8-11,14,17-25,27-35H2,1-7H3/b13-12-,16-15-/t37-,38-,40+,41+,42-,43+,44+,45-,47-,48+,49-,50-,51+,52-/m1/s1. The highest BCUT2D eigenvalue weighted by molar-refractivity contribution is 5.69. The SMILES string of the molecule is CCCCC/C=C\C/C=C\CCCCCCCC(=O)OC[C@H]1O[C@@H](O[C@H]2CC[C@@]3(C)C(=CC[C@H]4[C@@H]5CC[C@H]([C@H](C)CC[C@@H](C)C(C)C)[C@@]5(C)CC[C@@H]43)C2)[C@H](O)[C@@H](O)[C@@H]1O. The van der Waals surface area contributed by atoms with Gasteiger partial charge in [-0.05, 0) is 142 Å². The van der Waals surface area contributed by atoms with Gasteiger partial charge in [0.1, 0.15) is 31.0 Å². The molecule has 0 spiro atoms. The highest BCUT2D eigenvalue weighted by Crippen LogP contribution is 2.67. The fourth-order valence-electron chi connectivity index (χ4n) is 12.5. The van der Waals surface area contributed by atoms with Crippen molar-refractivity contribution < 1.29 is 34.3 Å². The van der Waals surface area contributed by atoms with Crippen LogP contribution in [0.15, 0.2) is 36.0 Å². The Kier molecular flexibility index (Phi) is 19.1. The summed E-state index contributed by atoms with van der Waals surface area (Å²) in [6, 6.07) is 0. The normalized spacial score (nSPS) is 37.0. The number of esters is 1. The van der Waals surface area contributed by atoms with Crippen LogP contribution in [0.5, 0.6) is 0 Å². The van der Waals surface area contributed by atoms with Gasteiger partial charge < -0.3 is 29.5 Å². The Morgan fingerprint density at radius 2 is 1.54 bits per heavy atom. The zero-order valence-corrected chi connectivity index (χ0v) is 38.6. The zero-order chi connectivity index (χ0) is 42.6. The van der Waals surface area contributed by atoms with Gasteiger partial charge in [-0.3, -0.25) is 4.79 Å². The number of hydrogen-bond donors (Lipinski definition) is 3. The fraction of sp³-hybridized carbons (Fsp3) is 0.865. The van der Waals surface area contributed by atoms with Gasteiger partial charge in [0.15, 0.2) is 6.29 Å². The van der Waals surface area contributed by atoms with E-state index in [0.717, 1.165) is 106 Å². The van der Waals surface area contributed by atoms with Gasteiger partial charge in [0.2, 0.25) is 0 Å². The van der Waals surface area contributed by atoms with Crippen LogP contribution >= 0.6 is 0 Å². The number of hydrogen-bond acceptors (Lipinski definition) is 7. The second kappa shape index (κ2) is 23.3. The number of unbranched alkanes of at least 4 members (excludes halogenated alkanes) is 8. The number of carbonyl (C=O) groups is 1. The molecule has 338 valence electrons. The summed E-state index contributed by atoms with van der Waals surface area (Å²) in [6.07, 6.45) is 29.8. The number of fused-ring (bicyclic) bond motifs is 5. The summed E-state index contributed by atoms with van der Waals surface area (Å²) < 4.78 is 18.0. The van der Waals surface area contributed by atoms with Crippen LogP contribution in [0.3, 0.4) is 0 Å². The predicted molar refractivity (Wildman–Crippen MR) is 239 cm³/mol. The Bertz CT molecular complexity index is 1360. The summed E-state index contributed by atoms with van der Waals surface area (Å²) in [4.78, 5) is 12.6. The van der Waals surface area contributed by atoms with Crippen molar-refractivity contribution in [1.82, 2.24) is 0 Å². The summed E-state index contributed by atoms with van der Waals surface area (Å²) in [7, 11) is 0. The van der Waals surface area contributed by atoms with Crippen molar-refractivity contribution in [1.29, 1.82) is 0 Å². The molecule has 59 heavy (non-hydrogen) atoms. The van der Waals surface area contributed by atoms with Gasteiger partial charge in [-0.1, -0.05) is 129 Å². The van der Waals surface area contributed by atoms with Gasteiger partial charge in [-0.15, -0.1) is 0 Å². The van der Waals surface area contributed by atoms with Crippen LogP contribution in [-0.2, 0) is 19.0 Å². The average molecular weight is 825 g/mol. The quantitative estimate of drug-likeness (QED) is 0.0535. The molecule has 3 N–H and O–H groups in total. The molecule has 0 amide bonds. The summed E-state index contributed by atoms with van der Waals surface area (Å²) >= 11 is 0. The maximum absolute atomic E-state index is 12.6. The molecular weight excluding hydrogens is 737 g/mol. The molecule has 1 aliphatic heterocycles. The molecule has 0 aromatic heterocycles. The van der Waals surface area contributed by atoms with Crippen molar-refractivity contribution in [2.45, 2.75) is 227 Å². The van der Waals surface area contributed by atoms with E-state index in [2.05, 4.69) is 78.8 Å². The van der Waals surface area contributed by atoms with Crippen LogP contribution in [0.4, 0.5) is 0 Å². The van der Waals surface area contributed by atoms with E-state index in [1.165, 1.54) is 69.8 Å². The molecule has 4 aliphatic carbocycles. The minimum absolute atomic E-state index is 0.145. The molecular formula is C52H88O7. The van der Waals surface area contributed by atoms with Gasteiger partial charge in [-0.25, -0.2) is 0 Å². The largest absolute Gasteiger partial charge is 0.463 e. The monoisotopic (exact) mass is 825 g/mol. The lowest BCUT2D eigenvalue weighted by atomic mass is 9.47. The molecule has 1 saturated heterocycles. The molecule has 5 rings (SSSR count). The number of aliphatic hydroxyl groups is 3. The van der Waals surface area contributed by atoms with Crippen LogP contribution < -0.4 is 0 Å². The topological polar surface area (TPSA) is 105 Å². The molecule has 1 heterocycles. The molecule has 0 unspecified atom stereocenters. The molecule has 5 aliphatic rings. The zero-order valence-electron chi connectivity index (χ0n) is 38.6. The van der Waals surface area contributed by atoms with Crippen molar-refractivity contribution in [3.8, 4) is 0 Å². The van der Waals surface area contributed by atoms with Crippen molar-refractivity contribution >= 4 is 5.97 Å². The van der Waals surface area contributed by atoms with Gasteiger partial charge in [0.25, 0.3) is 0 Å². The third kappa shape index (κ3) is 12.6. The molecule has 0 radical (unpaired) electrons. The lowest BCUT2D eigenvalue weighted by Gasteiger charge is -2.58. The van der Waals surface area contributed by atoms with Crippen LogP contribution in [0.1, 0.15) is 190 Å².